The summed E-state index contributed by atoms with van der Waals surface area (Å²) >= 11 is 1.28. The van der Waals surface area contributed by atoms with Crippen LogP contribution in [0, 0.1) is 0 Å². The van der Waals surface area contributed by atoms with Gasteiger partial charge in [-0.3, -0.25) is 0 Å². The predicted octanol–water partition coefficient (Wildman–Crippen LogP) is 5.32. The topological polar surface area (TPSA) is 70.5 Å². The first kappa shape index (κ1) is 22.6. The summed E-state index contributed by atoms with van der Waals surface area (Å²) in [6.07, 6.45) is -5.53. The smallest absolute Gasteiger partial charge is 0.378 e. The minimum atomic E-state index is -4.43. The maximum Gasteiger partial charge on any atom is 0.416 e. The van der Waals surface area contributed by atoms with Crippen LogP contribution < -0.4 is 10.2 Å². The number of nitrogens with zero attached hydrogens (tertiary/aromatic N) is 3. The van der Waals surface area contributed by atoms with Crippen LogP contribution in [0.2, 0.25) is 0 Å². The average Bonchev–Trinajstić information content (AvgIpc) is 3.29. The van der Waals surface area contributed by atoms with Gasteiger partial charge in [0, 0.05) is 24.2 Å². The Balaban J connectivity index is 1.42. The molecule has 1 aliphatic heterocycles. The van der Waals surface area contributed by atoms with Crippen LogP contribution in [0.25, 0.3) is 20.8 Å². The largest absolute Gasteiger partial charge is 0.416 e. The molecule has 0 aliphatic carbocycles. The Bertz CT molecular complexity index is 1300. The summed E-state index contributed by atoms with van der Waals surface area (Å²) in [5.41, 5.74) is 0.705. The van der Waals surface area contributed by atoms with E-state index < -0.39 is 18.0 Å². The summed E-state index contributed by atoms with van der Waals surface area (Å²) in [4.78, 5) is 11.3. The third-order valence-electron chi connectivity index (χ3n) is 5.54. The zero-order chi connectivity index (χ0) is 23.7. The minimum absolute atomic E-state index is 0.379. The van der Waals surface area contributed by atoms with Crippen molar-refractivity contribution in [2.45, 2.75) is 12.4 Å². The lowest BCUT2D eigenvalue weighted by Crippen LogP contribution is -2.36. The number of pyridine rings is 1. The number of thiazole rings is 1. The van der Waals surface area contributed by atoms with E-state index in [1.165, 1.54) is 17.4 Å². The molecule has 10 heteroatoms. The fourth-order valence-electron chi connectivity index (χ4n) is 3.83. The minimum Gasteiger partial charge on any atom is -0.378 e. The second kappa shape index (κ2) is 9.21. The Kier molecular flexibility index (Phi) is 6.11. The van der Waals surface area contributed by atoms with E-state index in [1.54, 1.807) is 24.3 Å². The highest BCUT2D eigenvalue weighted by Gasteiger charge is 2.30. The second-order valence-electron chi connectivity index (χ2n) is 7.82. The first-order valence-corrected chi connectivity index (χ1v) is 11.5. The Hall–Kier alpha value is -3.21. The van der Waals surface area contributed by atoms with Gasteiger partial charge in [0.15, 0.2) is 6.23 Å². The highest BCUT2D eigenvalue weighted by Crippen LogP contribution is 2.37. The Labute approximate surface area is 197 Å². The first-order valence-electron chi connectivity index (χ1n) is 10.7. The second-order valence-corrected chi connectivity index (χ2v) is 8.85. The van der Waals surface area contributed by atoms with E-state index in [4.69, 9.17) is 4.74 Å². The van der Waals surface area contributed by atoms with E-state index in [9.17, 15) is 18.3 Å². The van der Waals surface area contributed by atoms with Crippen molar-refractivity contribution in [1.29, 1.82) is 0 Å². The summed E-state index contributed by atoms with van der Waals surface area (Å²) in [5.74, 6) is 1.29. The Morgan fingerprint density at radius 1 is 1.00 bits per heavy atom. The van der Waals surface area contributed by atoms with Gasteiger partial charge >= 0.3 is 6.18 Å². The van der Waals surface area contributed by atoms with E-state index in [2.05, 4.69) is 20.2 Å². The van der Waals surface area contributed by atoms with Crippen LogP contribution in [-0.2, 0) is 10.9 Å². The van der Waals surface area contributed by atoms with Crippen LogP contribution in [0.15, 0.2) is 60.7 Å². The fraction of sp³-hybridized carbons (Fsp3) is 0.250. The normalized spacial score (nSPS) is 15.5. The molecule has 1 unspecified atom stereocenters. The molecular weight excluding hydrogens is 465 g/mol. The molecule has 0 bridgehead atoms. The number of aromatic nitrogens is 2. The van der Waals surface area contributed by atoms with Crippen molar-refractivity contribution >= 4 is 33.2 Å². The lowest BCUT2D eigenvalue weighted by Gasteiger charge is -2.28. The van der Waals surface area contributed by atoms with Crippen molar-refractivity contribution in [1.82, 2.24) is 9.97 Å². The van der Waals surface area contributed by atoms with E-state index in [1.807, 2.05) is 18.2 Å². The lowest BCUT2D eigenvalue weighted by atomic mass is 10.1. The maximum atomic E-state index is 13.1. The van der Waals surface area contributed by atoms with Gasteiger partial charge in [-0.1, -0.05) is 30.3 Å². The molecule has 3 heterocycles. The SMILES string of the molecule is OC(Nc1cccc(N2CCOCC2)n1)c1cccc2sc(-c3cccc(C(F)(F)F)c3)nc12. The molecule has 0 radical (unpaired) electrons. The van der Waals surface area contributed by atoms with Gasteiger partial charge in [0.05, 0.1) is 29.0 Å². The molecule has 0 spiro atoms. The van der Waals surface area contributed by atoms with E-state index in [-0.39, 0.29) is 0 Å². The zero-order valence-electron chi connectivity index (χ0n) is 17.9. The van der Waals surface area contributed by atoms with Crippen molar-refractivity contribution in [2.75, 3.05) is 36.5 Å². The van der Waals surface area contributed by atoms with Crippen molar-refractivity contribution in [3.05, 3.63) is 71.8 Å². The summed E-state index contributed by atoms with van der Waals surface area (Å²) in [6, 6.07) is 16.0. The molecular formula is C24H21F3N4O2S. The van der Waals surface area contributed by atoms with E-state index in [0.29, 0.717) is 40.7 Å². The van der Waals surface area contributed by atoms with Crippen LogP contribution in [0.3, 0.4) is 0 Å². The molecule has 1 fully saturated rings. The molecule has 2 aromatic heterocycles. The number of hydrogen-bond donors (Lipinski definition) is 2. The standard InChI is InChI=1S/C24H21F3N4O2S/c25-24(26,27)16-5-1-4-15(14-16)23-30-21-17(6-2-7-18(21)34-23)22(32)29-19-8-3-9-20(28-19)31-10-12-33-13-11-31/h1-9,14,22,32H,10-13H2,(H,28,29). The molecule has 0 amide bonds. The number of para-hydroxylation sites is 1. The van der Waals surface area contributed by atoms with Gasteiger partial charge < -0.3 is 20.1 Å². The molecule has 2 aromatic carbocycles. The number of benzene rings is 2. The molecule has 6 nitrogen and oxygen atoms in total. The molecule has 34 heavy (non-hydrogen) atoms. The summed E-state index contributed by atoms with van der Waals surface area (Å²) < 4.78 is 45.6. The van der Waals surface area contributed by atoms with Crippen LogP contribution in [0.1, 0.15) is 17.4 Å². The van der Waals surface area contributed by atoms with Gasteiger partial charge in [-0.25, -0.2) is 9.97 Å². The van der Waals surface area contributed by atoms with E-state index >= 15 is 0 Å². The third-order valence-corrected chi connectivity index (χ3v) is 6.61. The highest BCUT2D eigenvalue weighted by molar-refractivity contribution is 7.21. The molecule has 1 saturated heterocycles. The lowest BCUT2D eigenvalue weighted by molar-refractivity contribution is -0.137. The van der Waals surface area contributed by atoms with Crippen LogP contribution in [-0.4, -0.2) is 41.4 Å². The van der Waals surface area contributed by atoms with Gasteiger partial charge in [-0.2, -0.15) is 13.2 Å². The fourth-order valence-corrected chi connectivity index (χ4v) is 4.83. The summed E-state index contributed by atoms with van der Waals surface area (Å²) in [7, 11) is 0. The number of hydrogen-bond acceptors (Lipinski definition) is 7. The van der Waals surface area contributed by atoms with Crippen molar-refractivity contribution in [3.63, 3.8) is 0 Å². The number of rotatable bonds is 5. The Morgan fingerprint density at radius 2 is 1.76 bits per heavy atom. The van der Waals surface area contributed by atoms with Gasteiger partial charge in [0.1, 0.15) is 16.6 Å². The molecule has 1 aliphatic rings. The molecule has 4 aromatic rings. The van der Waals surface area contributed by atoms with Crippen molar-refractivity contribution in [2.24, 2.45) is 0 Å². The van der Waals surface area contributed by atoms with Gasteiger partial charge in [-0.15, -0.1) is 11.3 Å². The number of anilines is 2. The molecule has 5 rings (SSSR count). The van der Waals surface area contributed by atoms with Gasteiger partial charge in [0.2, 0.25) is 0 Å². The van der Waals surface area contributed by atoms with Gasteiger partial charge in [0.25, 0.3) is 0 Å². The zero-order valence-corrected chi connectivity index (χ0v) is 18.7. The number of halogens is 3. The predicted molar refractivity (Wildman–Crippen MR) is 126 cm³/mol. The first-order chi connectivity index (χ1) is 16.4. The number of ether oxygens (including phenoxy) is 1. The number of aliphatic hydroxyl groups is 1. The quantitative estimate of drug-likeness (QED) is 0.372. The van der Waals surface area contributed by atoms with Crippen molar-refractivity contribution < 1.29 is 23.0 Å². The molecule has 2 N–H and O–H groups in total. The van der Waals surface area contributed by atoms with Crippen LogP contribution in [0.4, 0.5) is 24.8 Å². The average molecular weight is 487 g/mol. The number of morpholine rings is 1. The third kappa shape index (κ3) is 4.70. The monoisotopic (exact) mass is 486 g/mol. The van der Waals surface area contributed by atoms with E-state index in [0.717, 1.165) is 35.7 Å². The van der Waals surface area contributed by atoms with Crippen molar-refractivity contribution in [3.8, 4) is 10.6 Å². The number of aliphatic hydroxyl groups excluding tert-OH is 1. The van der Waals surface area contributed by atoms with Crippen LogP contribution in [0.5, 0.6) is 0 Å². The number of alkyl halides is 3. The molecule has 1 atom stereocenters. The maximum absolute atomic E-state index is 13.1. The Morgan fingerprint density at radius 3 is 2.56 bits per heavy atom. The highest BCUT2D eigenvalue weighted by atomic mass is 32.1. The summed E-state index contributed by atoms with van der Waals surface area (Å²) in [5, 5.41) is 14.4. The number of nitrogens with one attached hydrogen (secondary N) is 1. The molecule has 0 saturated carbocycles. The number of fused-ring (bicyclic) bond motifs is 1. The summed E-state index contributed by atoms with van der Waals surface area (Å²) in [6.45, 7) is 2.77. The van der Waals surface area contributed by atoms with Gasteiger partial charge in [-0.05, 0) is 30.3 Å². The molecule has 176 valence electrons. The van der Waals surface area contributed by atoms with Crippen LogP contribution >= 0.6 is 11.3 Å².